The van der Waals surface area contributed by atoms with Gasteiger partial charge in [0.1, 0.15) is 17.9 Å². The number of aromatic nitrogens is 5. The molecule has 1 unspecified atom stereocenters. The minimum Gasteiger partial charge on any atom is -0.306 e. The number of nitrogens with zero attached hydrogens (tertiary/aromatic N) is 5. The van der Waals surface area contributed by atoms with Gasteiger partial charge in [-0.05, 0) is 66.3 Å². The van der Waals surface area contributed by atoms with Crippen molar-refractivity contribution in [2.45, 2.75) is 57.9 Å². The summed E-state index contributed by atoms with van der Waals surface area (Å²) in [6.45, 7) is 9.57. The van der Waals surface area contributed by atoms with Gasteiger partial charge in [0.05, 0.1) is 35.0 Å². The number of hydrogen-bond donors (Lipinski definition) is 0. The van der Waals surface area contributed by atoms with E-state index in [-0.39, 0.29) is 11.0 Å². The van der Waals surface area contributed by atoms with Crippen LogP contribution in [0.4, 0.5) is 0 Å². The first kappa shape index (κ1) is 24.3. The number of imidazole rings is 1. The van der Waals surface area contributed by atoms with E-state index in [1.807, 2.05) is 24.8 Å². The largest absolute Gasteiger partial charge is 0.306 e. The van der Waals surface area contributed by atoms with Gasteiger partial charge in [-0.15, -0.1) is 0 Å². The molecule has 0 N–H and O–H groups in total. The van der Waals surface area contributed by atoms with Crippen LogP contribution >= 0.6 is 0 Å². The molecule has 6 heterocycles. The predicted molar refractivity (Wildman–Crippen MR) is 167 cm³/mol. The van der Waals surface area contributed by atoms with Crippen molar-refractivity contribution in [2.24, 2.45) is 0 Å². The second-order valence-corrected chi connectivity index (χ2v) is 11.8. The Labute approximate surface area is 239 Å². The van der Waals surface area contributed by atoms with Gasteiger partial charge in [0.15, 0.2) is 0 Å². The van der Waals surface area contributed by atoms with E-state index in [1.165, 1.54) is 43.9 Å². The fourth-order valence-electron chi connectivity index (χ4n) is 8.21. The van der Waals surface area contributed by atoms with Crippen LogP contribution in [-0.4, -0.2) is 18.9 Å². The van der Waals surface area contributed by atoms with Crippen molar-refractivity contribution in [3.8, 4) is 16.8 Å². The van der Waals surface area contributed by atoms with Gasteiger partial charge in [-0.1, -0.05) is 52.0 Å². The van der Waals surface area contributed by atoms with Crippen molar-refractivity contribution in [3.05, 3.63) is 104 Å². The smallest absolute Gasteiger partial charge is 0.294 e. The molecule has 0 bridgehead atoms. The maximum Gasteiger partial charge on any atom is 0.294 e. The Morgan fingerprint density at radius 1 is 0.732 bits per heavy atom. The monoisotopic (exact) mass is 536 g/mol. The Morgan fingerprint density at radius 3 is 2.05 bits per heavy atom. The van der Waals surface area contributed by atoms with E-state index in [9.17, 15) is 0 Å². The first-order valence-electron chi connectivity index (χ1n) is 14.8. The molecule has 41 heavy (non-hydrogen) atoms. The van der Waals surface area contributed by atoms with Crippen LogP contribution in [-0.2, 0) is 11.0 Å². The van der Waals surface area contributed by atoms with E-state index in [0.717, 1.165) is 36.0 Å². The zero-order chi connectivity index (χ0) is 27.9. The first-order valence-corrected chi connectivity index (χ1v) is 14.8. The molecule has 1 aliphatic rings. The van der Waals surface area contributed by atoms with Crippen LogP contribution in [0.3, 0.4) is 0 Å². The Bertz CT molecular complexity index is 2070. The summed E-state index contributed by atoms with van der Waals surface area (Å²) in [4.78, 5) is 8.86. The molecule has 1 atom stereocenters. The molecular formula is C36H34N5+. The van der Waals surface area contributed by atoms with Crippen molar-refractivity contribution in [2.75, 3.05) is 0 Å². The van der Waals surface area contributed by atoms with Crippen LogP contribution in [0.2, 0.25) is 0 Å². The number of pyridine rings is 3. The average molecular weight is 537 g/mol. The predicted octanol–water partition coefficient (Wildman–Crippen LogP) is 8.13. The fraction of sp³-hybridized carbons (Fsp3) is 0.250. The van der Waals surface area contributed by atoms with E-state index in [2.05, 4.69) is 124 Å². The van der Waals surface area contributed by atoms with Crippen molar-refractivity contribution < 1.29 is 4.57 Å². The second-order valence-electron chi connectivity index (χ2n) is 11.8. The number of rotatable bonds is 5. The lowest BCUT2D eigenvalue weighted by molar-refractivity contribution is -0.755. The topological polar surface area (TPSA) is 39.0 Å². The molecule has 0 saturated heterocycles. The number of hydrogen-bond acceptors (Lipinski definition) is 2. The van der Waals surface area contributed by atoms with Gasteiger partial charge < -0.3 is 4.57 Å². The van der Waals surface area contributed by atoms with Gasteiger partial charge in [0.25, 0.3) is 5.65 Å². The molecule has 0 aliphatic carbocycles. The van der Waals surface area contributed by atoms with Crippen LogP contribution in [0.25, 0.3) is 55.0 Å². The molecule has 7 aromatic rings. The Balaban J connectivity index is 1.34. The third-order valence-electron chi connectivity index (χ3n) is 10.5. The van der Waals surface area contributed by atoms with E-state index in [0.29, 0.717) is 0 Å². The molecule has 0 spiro atoms. The summed E-state index contributed by atoms with van der Waals surface area (Å²) in [5, 5.41) is 5.09. The molecule has 202 valence electrons. The summed E-state index contributed by atoms with van der Waals surface area (Å²) in [6, 6.07) is 20.3. The van der Waals surface area contributed by atoms with Gasteiger partial charge in [-0.3, -0.25) is 9.97 Å². The molecule has 5 nitrogen and oxygen atoms in total. The summed E-state index contributed by atoms with van der Waals surface area (Å²) in [7, 11) is 0. The third-order valence-corrected chi connectivity index (χ3v) is 10.5. The highest BCUT2D eigenvalue weighted by molar-refractivity contribution is 6.09. The molecule has 0 saturated carbocycles. The lowest BCUT2D eigenvalue weighted by Gasteiger charge is -2.48. The molecule has 2 aromatic carbocycles. The van der Waals surface area contributed by atoms with Gasteiger partial charge >= 0.3 is 0 Å². The zero-order valence-electron chi connectivity index (χ0n) is 24.1. The molecule has 0 radical (unpaired) electrons. The minimum atomic E-state index is 0.0383. The molecular weight excluding hydrogens is 502 g/mol. The van der Waals surface area contributed by atoms with Crippen LogP contribution in [0.1, 0.15) is 52.5 Å². The van der Waals surface area contributed by atoms with Gasteiger partial charge in [-0.25, -0.2) is 8.97 Å². The number of fused-ring (bicyclic) bond motifs is 3. The van der Waals surface area contributed by atoms with Crippen molar-refractivity contribution in [1.29, 1.82) is 0 Å². The molecule has 0 fully saturated rings. The van der Waals surface area contributed by atoms with Crippen LogP contribution in [0.5, 0.6) is 0 Å². The molecule has 0 amide bonds. The first-order chi connectivity index (χ1) is 20.1. The van der Waals surface area contributed by atoms with E-state index < -0.39 is 0 Å². The summed E-state index contributed by atoms with van der Waals surface area (Å²) in [5.74, 6) is 0. The van der Waals surface area contributed by atoms with Crippen LogP contribution in [0, 0.1) is 0 Å². The quantitative estimate of drug-likeness (QED) is 0.208. The summed E-state index contributed by atoms with van der Waals surface area (Å²) < 4.78 is 7.18. The zero-order valence-corrected chi connectivity index (χ0v) is 24.1. The van der Waals surface area contributed by atoms with E-state index >= 15 is 0 Å². The second kappa shape index (κ2) is 8.50. The molecule has 1 aliphatic heterocycles. The maximum atomic E-state index is 4.43. The summed E-state index contributed by atoms with van der Waals surface area (Å²) >= 11 is 0. The third kappa shape index (κ3) is 2.93. The molecule has 5 aromatic heterocycles. The SMILES string of the molecule is CCC1(C)c2ccc(-c3ccc(-n4c5cnccc5c5ccncc54)cc3)c3ccn4cc[n+](c4c23)C1(CC)CC. The number of benzene rings is 2. The van der Waals surface area contributed by atoms with Gasteiger partial charge in [0.2, 0.25) is 0 Å². The fourth-order valence-corrected chi connectivity index (χ4v) is 8.21. The highest BCUT2D eigenvalue weighted by Crippen LogP contribution is 2.51. The standard InChI is InChI=1S/C36H34N5/c1-5-35(4)30-13-12-26(29-16-19-39-20-21-40(34(39)33(29)30)36(35,6-2)7-3)24-8-10-25(11-9-24)41-31-22-37-17-14-27(31)28-15-18-38-23-32(28)41/h8-23H,5-7H2,1-4H3/q+1. The Morgan fingerprint density at radius 2 is 1.41 bits per heavy atom. The Kier molecular flexibility index (Phi) is 5.04. The van der Waals surface area contributed by atoms with Crippen molar-refractivity contribution in [1.82, 2.24) is 18.9 Å². The minimum absolute atomic E-state index is 0.0383. The van der Waals surface area contributed by atoms with Crippen LogP contribution in [0.15, 0.2) is 98.0 Å². The highest BCUT2D eigenvalue weighted by atomic mass is 15.2. The lowest BCUT2D eigenvalue weighted by atomic mass is 9.60. The highest BCUT2D eigenvalue weighted by Gasteiger charge is 2.55. The Hall–Kier alpha value is -4.51. The van der Waals surface area contributed by atoms with Crippen LogP contribution < -0.4 is 4.57 Å². The van der Waals surface area contributed by atoms with Gasteiger partial charge in [-0.2, -0.15) is 0 Å². The van der Waals surface area contributed by atoms with Gasteiger partial charge in [0, 0.05) is 39.7 Å². The normalized spacial score (nSPS) is 17.9. The van der Waals surface area contributed by atoms with Crippen molar-refractivity contribution in [3.63, 3.8) is 0 Å². The van der Waals surface area contributed by atoms with E-state index in [1.54, 1.807) is 0 Å². The average Bonchev–Trinajstić information content (AvgIpc) is 3.61. The lowest BCUT2D eigenvalue weighted by Crippen LogP contribution is -2.67. The molecule has 8 rings (SSSR count). The van der Waals surface area contributed by atoms with Crippen molar-refractivity contribution >= 4 is 38.2 Å². The maximum absolute atomic E-state index is 4.43. The summed E-state index contributed by atoms with van der Waals surface area (Å²) in [5.41, 5.74) is 8.67. The van der Waals surface area contributed by atoms with E-state index in [4.69, 9.17) is 0 Å². The molecule has 5 heteroatoms. The summed E-state index contributed by atoms with van der Waals surface area (Å²) in [6.07, 6.45) is 17.7.